The lowest BCUT2D eigenvalue weighted by Crippen LogP contribution is -1.93. The molecule has 0 atom stereocenters. The largest absolute Gasteiger partial charge is 0.466 e. The van der Waals surface area contributed by atoms with E-state index in [1.165, 1.54) is 6.47 Å². The number of cyclic esters (lactones) is 1. The molecule has 0 amide bonds. The minimum atomic E-state index is 0.795. The van der Waals surface area contributed by atoms with Crippen molar-refractivity contribution in [2.24, 2.45) is 0 Å². The third-order valence-corrected chi connectivity index (χ3v) is 1.39. The standard InChI is InChI=1S/C7H12O2/c1-2-7-4-3-5-8-6-9-7/h6H,2-5H2,1H3. The molecule has 1 aliphatic heterocycles. The lowest BCUT2D eigenvalue weighted by molar-refractivity contribution is -0.447. The summed E-state index contributed by atoms with van der Waals surface area (Å²) in [5, 5.41) is 0. The Bertz CT molecular complexity index is 99.1. The maximum atomic E-state index is 5.12. The van der Waals surface area contributed by atoms with Gasteiger partial charge >= 0.3 is 6.47 Å². The fourth-order valence-corrected chi connectivity index (χ4v) is 0.822. The van der Waals surface area contributed by atoms with Crippen LogP contribution < -0.4 is 0 Å². The van der Waals surface area contributed by atoms with Gasteiger partial charge in [0.05, 0.1) is 0 Å². The van der Waals surface area contributed by atoms with Crippen molar-refractivity contribution in [1.29, 1.82) is 0 Å². The predicted molar refractivity (Wildman–Crippen MR) is 34.8 cm³/mol. The van der Waals surface area contributed by atoms with Crippen molar-refractivity contribution in [3.8, 4) is 0 Å². The normalized spacial score (nSPS) is 19.0. The van der Waals surface area contributed by atoms with Gasteiger partial charge in [-0.05, 0) is 19.3 Å². The number of hydrogen-bond donors (Lipinski definition) is 0. The molecule has 1 heterocycles. The molecule has 0 saturated carbocycles. The molecule has 0 N–H and O–H groups in total. The van der Waals surface area contributed by atoms with Crippen LogP contribution in [0.1, 0.15) is 26.2 Å². The summed E-state index contributed by atoms with van der Waals surface area (Å²) in [6.07, 6.45) is 4.26. The molecule has 0 saturated heterocycles. The van der Waals surface area contributed by atoms with Gasteiger partial charge in [-0.15, -0.1) is 0 Å². The molecule has 0 spiro atoms. The third kappa shape index (κ3) is 1.96. The molecule has 0 aromatic carbocycles. The van der Waals surface area contributed by atoms with Crippen molar-refractivity contribution in [1.82, 2.24) is 0 Å². The van der Waals surface area contributed by atoms with Crippen molar-refractivity contribution >= 4 is 6.47 Å². The molecule has 2 heteroatoms. The molecular formula is C7H12O2. The van der Waals surface area contributed by atoms with Gasteiger partial charge in [0.2, 0.25) is 0 Å². The minimum absolute atomic E-state index is 0.795. The molecule has 52 valence electrons. The molecule has 0 unspecified atom stereocenters. The monoisotopic (exact) mass is 128 g/mol. The van der Waals surface area contributed by atoms with Gasteiger partial charge in [-0.3, -0.25) is 0 Å². The average Bonchev–Trinajstić information content (AvgIpc) is 2.13. The Morgan fingerprint density at radius 1 is 1.78 bits per heavy atom. The third-order valence-electron chi connectivity index (χ3n) is 1.39. The molecule has 0 aromatic rings. The summed E-state index contributed by atoms with van der Waals surface area (Å²) in [6.45, 7) is 4.32. The Labute approximate surface area is 55.5 Å². The van der Waals surface area contributed by atoms with E-state index in [0.717, 1.165) is 32.0 Å². The molecular weight excluding hydrogens is 116 g/mol. The van der Waals surface area contributed by atoms with Crippen LogP contribution >= 0.6 is 0 Å². The van der Waals surface area contributed by atoms with E-state index < -0.39 is 0 Å². The molecule has 0 radical (unpaired) electrons. The summed E-state index contributed by atoms with van der Waals surface area (Å²) in [5.74, 6) is 0. The Kier molecular flexibility index (Phi) is 2.43. The van der Waals surface area contributed by atoms with E-state index in [9.17, 15) is 0 Å². The second kappa shape index (κ2) is 3.38. The topological polar surface area (TPSA) is 20.5 Å². The van der Waals surface area contributed by atoms with Crippen LogP contribution in [-0.2, 0) is 9.16 Å². The summed E-state index contributed by atoms with van der Waals surface area (Å²) in [7, 11) is 0. The van der Waals surface area contributed by atoms with E-state index in [4.69, 9.17) is 9.16 Å². The lowest BCUT2D eigenvalue weighted by Gasteiger charge is -2.06. The van der Waals surface area contributed by atoms with Crippen LogP contribution in [0.25, 0.3) is 0 Å². The summed E-state index contributed by atoms with van der Waals surface area (Å²) in [4.78, 5) is 0. The van der Waals surface area contributed by atoms with Gasteiger partial charge in [-0.25, -0.2) is 0 Å². The molecule has 1 rings (SSSR count). The maximum Gasteiger partial charge on any atom is 0.325 e. The van der Waals surface area contributed by atoms with Crippen LogP contribution in [0.2, 0.25) is 0 Å². The Hall–Kier alpha value is -0.660. The Morgan fingerprint density at radius 3 is 3.44 bits per heavy atom. The van der Waals surface area contributed by atoms with Crippen LogP contribution in [0.15, 0.2) is 0 Å². The number of ether oxygens (including phenoxy) is 1. The van der Waals surface area contributed by atoms with E-state index in [-0.39, 0.29) is 0 Å². The summed E-state index contributed by atoms with van der Waals surface area (Å²) < 4.78 is 10.1. The second-order valence-corrected chi connectivity index (χ2v) is 2.08. The smallest absolute Gasteiger partial charge is 0.325 e. The Morgan fingerprint density at radius 2 is 2.67 bits per heavy atom. The molecule has 0 bridgehead atoms. The zero-order valence-electron chi connectivity index (χ0n) is 5.72. The average molecular weight is 128 g/mol. The van der Waals surface area contributed by atoms with Crippen molar-refractivity contribution < 1.29 is 9.16 Å². The van der Waals surface area contributed by atoms with Gasteiger partial charge in [0.1, 0.15) is 0 Å². The van der Waals surface area contributed by atoms with Crippen LogP contribution in [0, 0.1) is 6.10 Å². The summed E-state index contributed by atoms with van der Waals surface area (Å²) in [6, 6.07) is 0. The number of hydrogen-bond acceptors (Lipinski definition) is 1. The van der Waals surface area contributed by atoms with Crippen molar-refractivity contribution in [3.05, 3.63) is 6.10 Å². The SMILES string of the molecule is CC[C-]1CCCOC=[O+]1. The molecule has 1 aliphatic rings. The van der Waals surface area contributed by atoms with Crippen LogP contribution in [-0.4, -0.2) is 13.1 Å². The van der Waals surface area contributed by atoms with Gasteiger partial charge in [0.25, 0.3) is 0 Å². The predicted octanol–water partition coefficient (Wildman–Crippen LogP) is 1.43. The zero-order chi connectivity index (χ0) is 6.53. The fraction of sp³-hybridized carbons (Fsp3) is 0.714. The van der Waals surface area contributed by atoms with Crippen LogP contribution in [0.3, 0.4) is 0 Å². The van der Waals surface area contributed by atoms with E-state index in [2.05, 4.69) is 6.92 Å². The van der Waals surface area contributed by atoms with E-state index in [1.807, 2.05) is 0 Å². The van der Waals surface area contributed by atoms with Gasteiger partial charge in [-0.2, -0.15) is 0 Å². The van der Waals surface area contributed by atoms with Crippen LogP contribution in [0.4, 0.5) is 0 Å². The van der Waals surface area contributed by atoms with Gasteiger partial charge in [0, 0.05) is 6.10 Å². The number of rotatable bonds is 1. The Balaban J connectivity index is 2.33. The molecule has 9 heavy (non-hydrogen) atoms. The van der Waals surface area contributed by atoms with Gasteiger partial charge in [-0.1, -0.05) is 6.92 Å². The van der Waals surface area contributed by atoms with E-state index in [1.54, 1.807) is 0 Å². The van der Waals surface area contributed by atoms with Crippen molar-refractivity contribution in [2.45, 2.75) is 26.2 Å². The minimum Gasteiger partial charge on any atom is -0.466 e. The number of carbonyl (C=O) groups excluding carboxylic acids is 1. The summed E-state index contributed by atoms with van der Waals surface area (Å²) >= 11 is 0. The second-order valence-electron chi connectivity index (χ2n) is 2.08. The first kappa shape index (κ1) is 6.46. The highest BCUT2D eigenvalue weighted by Gasteiger charge is 2.04. The maximum absolute atomic E-state index is 5.12. The highest BCUT2D eigenvalue weighted by Crippen LogP contribution is 2.12. The van der Waals surface area contributed by atoms with Gasteiger partial charge in [0.15, 0.2) is 6.61 Å². The first-order chi connectivity index (χ1) is 4.43. The highest BCUT2D eigenvalue weighted by atomic mass is 16.6. The summed E-state index contributed by atoms with van der Waals surface area (Å²) in [5.41, 5.74) is 0. The zero-order valence-corrected chi connectivity index (χ0v) is 5.72. The fourth-order valence-electron chi connectivity index (χ4n) is 0.822. The van der Waals surface area contributed by atoms with Crippen molar-refractivity contribution in [3.63, 3.8) is 0 Å². The lowest BCUT2D eigenvalue weighted by atomic mass is 10.2. The van der Waals surface area contributed by atoms with Gasteiger partial charge < -0.3 is 9.16 Å². The van der Waals surface area contributed by atoms with E-state index in [0.29, 0.717) is 0 Å². The first-order valence-electron chi connectivity index (χ1n) is 3.38. The van der Waals surface area contributed by atoms with E-state index >= 15 is 0 Å². The first-order valence-corrected chi connectivity index (χ1v) is 3.38. The molecule has 2 nitrogen and oxygen atoms in total. The highest BCUT2D eigenvalue weighted by molar-refractivity contribution is 5.38. The van der Waals surface area contributed by atoms with Crippen LogP contribution in [0.5, 0.6) is 0 Å². The molecule has 0 aliphatic carbocycles. The van der Waals surface area contributed by atoms with Crippen molar-refractivity contribution in [2.75, 3.05) is 6.61 Å². The molecule has 0 fully saturated rings. The molecule has 0 aromatic heterocycles. The quantitative estimate of drug-likeness (QED) is 0.297.